The Balaban J connectivity index is 0.732. The van der Waals surface area contributed by atoms with Crippen LogP contribution in [0.25, 0.3) is 32.6 Å². The number of hydrogen-bond acceptors (Lipinski definition) is 14. The van der Waals surface area contributed by atoms with Crippen molar-refractivity contribution in [1.29, 1.82) is 0 Å². The van der Waals surface area contributed by atoms with E-state index in [0.717, 1.165) is 38.1 Å². The van der Waals surface area contributed by atoms with Gasteiger partial charge in [-0.05, 0) is 80.6 Å². The molecule has 0 spiro atoms. The second-order valence-corrected chi connectivity index (χ2v) is 21.1. The number of aromatic amines is 1. The van der Waals surface area contributed by atoms with Crippen molar-refractivity contribution in [2.45, 2.75) is 70.3 Å². The van der Waals surface area contributed by atoms with Gasteiger partial charge in [-0.2, -0.15) is 12.7 Å². The zero-order valence-corrected chi connectivity index (χ0v) is 43.3. The first-order valence-electron chi connectivity index (χ1n) is 24.6. The summed E-state index contributed by atoms with van der Waals surface area (Å²) in [5.41, 5.74) is 5.07. The van der Waals surface area contributed by atoms with Gasteiger partial charge in [0.1, 0.15) is 47.7 Å². The molecule has 3 aromatic carbocycles. The van der Waals surface area contributed by atoms with E-state index in [1.807, 2.05) is 42.8 Å². The Kier molecular flexibility index (Phi) is 16.6. The molecule has 2 fully saturated rings. The number of rotatable bonds is 22. The highest BCUT2D eigenvalue weighted by molar-refractivity contribution is 7.90. The molecule has 76 heavy (non-hydrogen) atoms. The lowest BCUT2D eigenvalue weighted by molar-refractivity contribution is -0.140. The minimum atomic E-state index is -4.38. The number of aliphatic hydroxyl groups is 1. The molecule has 2 aliphatic heterocycles. The predicted molar refractivity (Wildman–Crippen MR) is 276 cm³/mol. The van der Waals surface area contributed by atoms with E-state index >= 15 is 8.78 Å². The first kappa shape index (κ1) is 53.8. The minimum Gasteiger partial charge on any atom is -0.491 e. The summed E-state index contributed by atoms with van der Waals surface area (Å²) in [6.07, 6.45) is 0.868. The van der Waals surface area contributed by atoms with Crippen LogP contribution in [0.2, 0.25) is 0 Å². The topological polar surface area (TPSA) is 231 Å². The molecule has 4 aromatic heterocycles. The van der Waals surface area contributed by atoms with Crippen molar-refractivity contribution < 1.29 is 59.8 Å². The van der Waals surface area contributed by atoms with Crippen LogP contribution in [0.1, 0.15) is 76.8 Å². The lowest BCUT2D eigenvalue weighted by Crippen LogP contribution is -2.48. The standard InChI is InChI=1S/C53H55F3N8O10S2/c1-30-22-46(74-61-30)40(53(68)64-28-38(65)24-45(64)52(67)60-31(2)33-4-6-35(7-5-33)50-32(3)59-29-75-50)15-17-71-18-19-72-20-21-73-39-10-8-34(9-11-39)36-23-41-42(26-58-51(41)57-25-36)49(66)47-43(55)12-13-44(48(47)56)62-76(69,70)63-16-14-37(54)27-63/h4-13,22-23,25-26,29,31,37-38,40,45,62,65H,14-21,24,27-28H2,1-3H3,(H,57,58)(H,60,67)/t31-,37+,38+,40+,45-/m0/s1. The zero-order valence-electron chi connectivity index (χ0n) is 41.6. The van der Waals surface area contributed by atoms with E-state index in [1.54, 1.807) is 66.4 Å². The average Bonchev–Trinajstić information content (AvgIpc) is 4.29. The van der Waals surface area contributed by atoms with Crippen LogP contribution >= 0.6 is 11.3 Å². The number of nitrogens with zero attached hydrogens (tertiary/aromatic N) is 5. The number of carbonyl (C=O) groups is 3. The van der Waals surface area contributed by atoms with Gasteiger partial charge in [0, 0.05) is 67.6 Å². The van der Waals surface area contributed by atoms with E-state index in [9.17, 15) is 32.3 Å². The second kappa shape index (κ2) is 23.5. The fourth-order valence-corrected chi connectivity index (χ4v) is 11.3. The molecular weight excluding hydrogens is 1030 g/mol. The van der Waals surface area contributed by atoms with Crippen LogP contribution in [0.4, 0.5) is 18.9 Å². The van der Waals surface area contributed by atoms with E-state index < -0.39 is 69.7 Å². The van der Waals surface area contributed by atoms with E-state index in [2.05, 4.69) is 25.4 Å². The Labute approximate surface area is 439 Å². The lowest BCUT2D eigenvalue weighted by atomic mass is 9.99. The van der Waals surface area contributed by atoms with Gasteiger partial charge in [0.05, 0.1) is 65.0 Å². The SMILES string of the molecule is Cc1cc([C@@H](CCOCCOCCOc2ccc(-c3cnc4[nH]cc(C(=O)c5c(F)ccc(NS(=O)(=O)N6CC[C@@H](F)C6)c5F)c4c3)cc2)C(=O)N2C[C@H](O)C[C@H]2C(=O)N[C@@H](C)c2ccc(-c3scnc3C)cc2)on1. The zero-order chi connectivity index (χ0) is 53.7. The number of ketones is 1. The van der Waals surface area contributed by atoms with Crippen LogP contribution in [-0.2, 0) is 29.3 Å². The number of anilines is 1. The first-order chi connectivity index (χ1) is 36.5. The maximum absolute atomic E-state index is 15.7. The number of aromatic nitrogens is 4. The number of alkyl halides is 1. The number of β-amino-alcohol motifs (C(OH)–C–C–N with tert-alkyl or cyclic N) is 1. The Morgan fingerprint density at radius 1 is 0.934 bits per heavy atom. The van der Waals surface area contributed by atoms with Crippen LogP contribution in [-0.4, -0.2) is 131 Å². The molecule has 2 amide bonds. The van der Waals surface area contributed by atoms with Crippen molar-refractivity contribution in [1.82, 2.24) is 34.6 Å². The molecule has 0 aliphatic carbocycles. The third-order valence-electron chi connectivity index (χ3n) is 13.3. The summed E-state index contributed by atoms with van der Waals surface area (Å²) in [6.45, 7) is 6.10. The van der Waals surface area contributed by atoms with Crippen molar-refractivity contribution in [3.05, 3.63) is 136 Å². The third-order valence-corrected chi connectivity index (χ3v) is 15.8. The summed E-state index contributed by atoms with van der Waals surface area (Å²) in [5, 5.41) is 18.0. The molecule has 18 nitrogen and oxygen atoms in total. The van der Waals surface area contributed by atoms with Crippen molar-refractivity contribution in [2.24, 2.45) is 0 Å². The number of likely N-dealkylation sites (tertiary alicyclic amines) is 1. The molecule has 5 atom stereocenters. The van der Waals surface area contributed by atoms with Gasteiger partial charge in [0.15, 0.2) is 5.82 Å². The number of aryl methyl sites for hydroxylation is 2. The van der Waals surface area contributed by atoms with Gasteiger partial charge in [-0.1, -0.05) is 41.6 Å². The molecule has 400 valence electrons. The number of aliphatic hydroxyl groups excluding tert-OH is 1. The quantitative estimate of drug-likeness (QED) is 0.0379. The smallest absolute Gasteiger partial charge is 0.301 e. The van der Waals surface area contributed by atoms with Gasteiger partial charge >= 0.3 is 10.2 Å². The van der Waals surface area contributed by atoms with Gasteiger partial charge in [-0.25, -0.2) is 23.1 Å². The number of hydrogen-bond donors (Lipinski definition) is 4. The van der Waals surface area contributed by atoms with E-state index in [1.165, 1.54) is 11.1 Å². The largest absolute Gasteiger partial charge is 0.491 e. The van der Waals surface area contributed by atoms with Gasteiger partial charge in [0.2, 0.25) is 17.6 Å². The summed E-state index contributed by atoms with van der Waals surface area (Å²) in [6, 6.07) is 18.6. The van der Waals surface area contributed by atoms with E-state index in [0.29, 0.717) is 28.3 Å². The fraction of sp³-hybridized carbons (Fsp3) is 0.358. The number of pyridine rings is 1. The minimum absolute atomic E-state index is 0.0132. The first-order valence-corrected chi connectivity index (χ1v) is 26.9. The lowest BCUT2D eigenvalue weighted by Gasteiger charge is -2.28. The number of H-pyrrole nitrogens is 1. The van der Waals surface area contributed by atoms with E-state index in [4.69, 9.17) is 18.7 Å². The molecule has 0 saturated carbocycles. The maximum atomic E-state index is 15.7. The molecule has 9 rings (SSSR count). The molecule has 0 radical (unpaired) electrons. The summed E-state index contributed by atoms with van der Waals surface area (Å²) >= 11 is 1.56. The number of carbonyl (C=O) groups excluding carboxylic acids is 3. The number of amides is 2. The predicted octanol–water partition coefficient (Wildman–Crippen LogP) is 7.59. The molecule has 6 heterocycles. The third kappa shape index (κ3) is 12.1. The molecule has 0 bridgehead atoms. The van der Waals surface area contributed by atoms with Crippen molar-refractivity contribution in [3.8, 4) is 27.3 Å². The van der Waals surface area contributed by atoms with Gasteiger partial charge < -0.3 is 39.0 Å². The Morgan fingerprint density at radius 3 is 2.37 bits per heavy atom. The summed E-state index contributed by atoms with van der Waals surface area (Å²) in [7, 11) is -4.38. The highest BCUT2D eigenvalue weighted by Crippen LogP contribution is 2.33. The normalized spacial score (nSPS) is 17.8. The average molecular weight is 1090 g/mol. The summed E-state index contributed by atoms with van der Waals surface area (Å²) in [5.74, 6) is -4.38. The number of ether oxygens (including phenoxy) is 3. The maximum Gasteiger partial charge on any atom is 0.301 e. The van der Waals surface area contributed by atoms with Gasteiger partial charge in [0.25, 0.3) is 0 Å². The van der Waals surface area contributed by atoms with Crippen LogP contribution in [0.5, 0.6) is 5.75 Å². The Hall–Kier alpha value is -7.02. The van der Waals surface area contributed by atoms with Crippen LogP contribution in [0, 0.1) is 25.5 Å². The molecule has 7 aromatic rings. The number of nitrogens with one attached hydrogen (secondary N) is 3. The summed E-state index contributed by atoms with van der Waals surface area (Å²) in [4.78, 5) is 55.7. The van der Waals surface area contributed by atoms with Gasteiger partial charge in [-0.15, -0.1) is 11.3 Å². The van der Waals surface area contributed by atoms with E-state index in [-0.39, 0.29) is 99.8 Å². The molecular formula is C53H55F3N8O10S2. The highest BCUT2D eigenvalue weighted by Gasteiger charge is 2.43. The van der Waals surface area contributed by atoms with Crippen molar-refractivity contribution >= 4 is 55.9 Å². The van der Waals surface area contributed by atoms with Crippen molar-refractivity contribution in [3.63, 3.8) is 0 Å². The molecule has 0 unspecified atom stereocenters. The highest BCUT2D eigenvalue weighted by atomic mass is 32.2. The molecule has 4 N–H and O–H groups in total. The van der Waals surface area contributed by atoms with Crippen molar-refractivity contribution in [2.75, 3.05) is 57.4 Å². The second-order valence-electron chi connectivity index (χ2n) is 18.6. The fourth-order valence-electron chi connectivity index (χ4n) is 9.25. The molecule has 23 heteroatoms. The van der Waals surface area contributed by atoms with Gasteiger partial charge in [-0.3, -0.25) is 19.1 Å². The number of benzene rings is 3. The molecule has 2 aliphatic rings. The number of fused-ring (bicyclic) bond motifs is 1. The Morgan fingerprint density at radius 2 is 1.67 bits per heavy atom. The van der Waals surface area contributed by atoms with Crippen LogP contribution in [0.15, 0.2) is 95.2 Å². The number of halogens is 3. The van der Waals surface area contributed by atoms with Crippen LogP contribution < -0.4 is 14.8 Å². The Bertz CT molecular complexity index is 3320. The monoisotopic (exact) mass is 1080 g/mol. The van der Waals surface area contributed by atoms with Crippen LogP contribution in [0.3, 0.4) is 0 Å². The number of thiazole rings is 1. The summed E-state index contributed by atoms with van der Waals surface area (Å²) < 4.78 is 96.0. The molecule has 2 saturated heterocycles.